The van der Waals surface area contributed by atoms with Gasteiger partial charge >= 0.3 is 0 Å². The van der Waals surface area contributed by atoms with E-state index in [2.05, 4.69) is 19.1 Å². The Labute approximate surface area is 85.1 Å². The van der Waals surface area contributed by atoms with E-state index >= 15 is 0 Å². The van der Waals surface area contributed by atoms with Gasteiger partial charge in [0.15, 0.2) is 0 Å². The minimum absolute atomic E-state index is 0.0600. The van der Waals surface area contributed by atoms with Gasteiger partial charge in [-0.25, -0.2) is 0 Å². The molecule has 0 aliphatic heterocycles. The lowest BCUT2D eigenvalue weighted by molar-refractivity contribution is -0.122. The molecule has 0 radical (unpaired) electrons. The standard InChI is InChI=1S/C12H17NO/c1-9(10(2)12(13)14)8-11-6-4-3-5-7-11/h3-7,9-10H,8H2,1-2H3,(H2,13,14)/t9-,10?/m0/s1. The highest BCUT2D eigenvalue weighted by atomic mass is 16.1. The summed E-state index contributed by atoms with van der Waals surface area (Å²) >= 11 is 0. The van der Waals surface area contributed by atoms with Gasteiger partial charge in [0.2, 0.25) is 5.91 Å². The molecule has 1 unspecified atom stereocenters. The molecule has 0 aliphatic rings. The SMILES string of the molecule is CC(C(N)=O)[C@@H](C)Cc1ccccc1. The maximum atomic E-state index is 11.0. The van der Waals surface area contributed by atoms with Crippen molar-refractivity contribution in [3.63, 3.8) is 0 Å². The number of rotatable bonds is 4. The molecule has 0 saturated carbocycles. The summed E-state index contributed by atoms with van der Waals surface area (Å²) in [5.41, 5.74) is 6.51. The number of amides is 1. The molecule has 14 heavy (non-hydrogen) atoms. The molecule has 2 N–H and O–H groups in total. The van der Waals surface area contributed by atoms with Gasteiger partial charge in [0.05, 0.1) is 0 Å². The Kier molecular flexibility index (Phi) is 3.69. The highest BCUT2D eigenvalue weighted by Gasteiger charge is 2.17. The average Bonchev–Trinajstić information content (AvgIpc) is 2.18. The molecule has 0 saturated heterocycles. The Bertz CT molecular complexity index is 294. The molecule has 0 heterocycles. The van der Waals surface area contributed by atoms with Crippen molar-refractivity contribution in [3.8, 4) is 0 Å². The van der Waals surface area contributed by atoms with Crippen LogP contribution in [0.25, 0.3) is 0 Å². The smallest absolute Gasteiger partial charge is 0.220 e. The molecular formula is C12H17NO. The first-order chi connectivity index (χ1) is 6.61. The van der Waals surface area contributed by atoms with Gasteiger partial charge in [-0.15, -0.1) is 0 Å². The van der Waals surface area contributed by atoms with Gasteiger partial charge in [-0.3, -0.25) is 4.79 Å². The van der Waals surface area contributed by atoms with Crippen LogP contribution in [0.15, 0.2) is 30.3 Å². The summed E-state index contributed by atoms with van der Waals surface area (Å²) in [6.45, 7) is 3.94. The topological polar surface area (TPSA) is 43.1 Å². The molecule has 0 spiro atoms. The lowest BCUT2D eigenvalue weighted by atomic mass is 9.89. The number of hydrogen-bond donors (Lipinski definition) is 1. The van der Waals surface area contributed by atoms with Gasteiger partial charge in [0.1, 0.15) is 0 Å². The van der Waals surface area contributed by atoms with Gasteiger partial charge in [-0.05, 0) is 17.9 Å². The van der Waals surface area contributed by atoms with E-state index in [0.29, 0.717) is 5.92 Å². The van der Waals surface area contributed by atoms with E-state index in [-0.39, 0.29) is 11.8 Å². The van der Waals surface area contributed by atoms with Gasteiger partial charge < -0.3 is 5.73 Å². The largest absolute Gasteiger partial charge is 0.369 e. The number of benzene rings is 1. The molecule has 0 fully saturated rings. The fourth-order valence-electron chi connectivity index (χ4n) is 1.44. The van der Waals surface area contributed by atoms with Crippen LogP contribution in [-0.4, -0.2) is 5.91 Å². The number of carbonyl (C=O) groups excluding carboxylic acids is 1. The van der Waals surface area contributed by atoms with E-state index in [1.165, 1.54) is 5.56 Å². The molecule has 0 aliphatic carbocycles. The van der Waals surface area contributed by atoms with Crippen molar-refractivity contribution in [3.05, 3.63) is 35.9 Å². The third-order valence-electron chi connectivity index (χ3n) is 2.70. The highest BCUT2D eigenvalue weighted by molar-refractivity contribution is 5.76. The molecule has 0 aromatic heterocycles. The molecule has 1 rings (SSSR count). The van der Waals surface area contributed by atoms with Crippen LogP contribution in [0.1, 0.15) is 19.4 Å². The third kappa shape index (κ3) is 2.87. The lowest BCUT2D eigenvalue weighted by Crippen LogP contribution is -2.27. The van der Waals surface area contributed by atoms with E-state index in [1.54, 1.807) is 0 Å². The summed E-state index contributed by atoms with van der Waals surface area (Å²) < 4.78 is 0. The summed E-state index contributed by atoms with van der Waals surface area (Å²) in [5, 5.41) is 0. The Morgan fingerprint density at radius 3 is 2.36 bits per heavy atom. The normalized spacial score (nSPS) is 14.7. The molecular weight excluding hydrogens is 174 g/mol. The maximum Gasteiger partial charge on any atom is 0.220 e. The molecule has 76 valence electrons. The molecule has 0 bridgehead atoms. The summed E-state index contributed by atoms with van der Waals surface area (Å²) in [4.78, 5) is 11.0. The van der Waals surface area contributed by atoms with Crippen molar-refractivity contribution < 1.29 is 4.79 Å². The molecule has 2 nitrogen and oxygen atoms in total. The summed E-state index contributed by atoms with van der Waals surface area (Å²) in [6, 6.07) is 10.2. The van der Waals surface area contributed by atoms with Crippen LogP contribution in [0.5, 0.6) is 0 Å². The van der Waals surface area contributed by atoms with Gasteiger partial charge in [0.25, 0.3) is 0 Å². The van der Waals surface area contributed by atoms with E-state index in [4.69, 9.17) is 5.73 Å². The van der Waals surface area contributed by atoms with Gasteiger partial charge in [0, 0.05) is 5.92 Å². The quantitative estimate of drug-likeness (QED) is 0.777. The number of carbonyl (C=O) groups is 1. The van der Waals surface area contributed by atoms with Crippen LogP contribution in [0.3, 0.4) is 0 Å². The zero-order valence-electron chi connectivity index (χ0n) is 8.73. The lowest BCUT2D eigenvalue weighted by Gasteiger charge is -2.16. The van der Waals surface area contributed by atoms with E-state index < -0.39 is 0 Å². The number of hydrogen-bond acceptors (Lipinski definition) is 1. The Morgan fingerprint density at radius 2 is 1.86 bits per heavy atom. The van der Waals surface area contributed by atoms with Crippen LogP contribution in [-0.2, 0) is 11.2 Å². The third-order valence-corrected chi connectivity index (χ3v) is 2.70. The molecule has 2 atom stereocenters. The number of nitrogens with two attached hydrogens (primary N) is 1. The van der Waals surface area contributed by atoms with Crippen molar-refractivity contribution >= 4 is 5.91 Å². The van der Waals surface area contributed by atoms with Crippen molar-refractivity contribution in [2.75, 3.05) is 0 Å². The van der Waals surface area contributed by atoms with Crippen molar-refractivity contribution in [1.82, 2.24) is 0 Å². The summed E-state index contributed by atoms with van der Waals surface area (Å²) in [5.74, 6) is 0.0264. The second-order valence-corrected chi connectivity index (χ2v) is 3.86. The zero-order valence-corrected chi connectivity index (χ0v) is 8.73. The second-order valence-electron chi connectivity index (χ2n) is 3.86. The van der Waals surface area contributed by atoms with Gasteiger partial charge in [-0.1, -0.05) is 44.2 Å². The predicted octanol–water partition coefficient (Wildman–Crippen LogP) is 1.99. The van der Waals surface area contributed by atoms with Crippen molar-refractivity contribution in [2.45, 2.75) is 20.3 Å². The zero-order chi connectivity index (χ0) is 10.6. The average molecular weight is 191 g/mol. The van der Waals surface area contributed by atoms with E-state index in [9.17, 15) is 4.79 Å². The summed E-state index contributed by atoms with van der Waals surface area (Å²) in [6.07, 6.45) is 0.908. The van der Waals surface area contributed by atoms with E-state index in [0.717, 1.165) is 6.42 Å². The number of primary amides is 1. The summed E-state index contributed by atoms with van der Waals surface area (Å²) in [7, 11) is 0. The monoisotopic (exact) mass is 191 g/mol. The Balaban J connectivity index is 2.57. The molecule has 1 aromatic rings. The first-order valence-corrected chi connectivity index (χ1v) is 4.94. The first kappa shape index (κ1) is 10.8. The molecule has 1 amide bonds. The maximum absolute atomic E-state index is 11.0. The van der Waals surface area contributed by atoms with Gasteiger partial charge in [-0.2, -0.15) is 0 Å². The second kappa shape index (κ2) is 4.80. The minimum Gasteiger partial charge on any atom is -0.369 e. The fourth-order valence-corrected chi connectivity index (χ4v) is 1.44. The van der Waals surface area contributed by atoms with Crippen molar-refractivity contribution in [2.24, 2.45) is 17.6 Å². The Morgan fingerprint density at radius 1 is 1.29 bits per heavy atom. The Hall–Kier alpha value is -1.31. The van der Waals surface area contributed by atoms with Crippen LogP contribution >= 0.6 is 0 Å². The van der Waals surface area contributed by atoms with E-state index in [1.807, 2.05) is 25.1 Å². The highest BCUT2D eigenvalue weighted by Crippen LogP contribution is 2.16. The van der Waals surface area contributed by atoms with Crippen molar-refractivity contribution in [1.29, 1.82) is 0 Å². The predicted molar refractivity (Wildman–Crippen MR) is 57.7 cm³/mol. The van der Waals surface area contributed by atoms with Crippen LogP contribution in [0, 0.1) is 11.8 Å². The minimum atomic E-state index is -0.214. The first-order valence-electron chi connectivity index (χ1n) is 4.94. The van der Waals surface area contributed by atoms with Crippen LogP contribution in [0.2, 0.25) is 0 Å². The van der Waals surface area contributed by atoms with Crippen LogP contribution in [0.4, 0.5) is 0 Å². The van der Waals surface area contributed by atoms with Crippen LogP contribution < -0.4 is 5.73 Å². The molecule has 1 aromatic carbocycles. The fraction of sp³-hybridized carbons (Fsp3) is 0.417. The molecule has 2 heteroatoms.